The van der Waals surface area contributed by atoms with Crippen LogP contribution < -0.4 is 5.32 Å². The van der Waals surface area contributed by atoms with Crippen molar-refractivity contribution in [1.29, 1.82) is 0 Å². The van der Waals surface area contributed by atoms with E-state index in [1.165, 1.54) is 11.8 Å². The number of carbonyl (C=O) groups is 3. The quantitative estimate of drug-likeness (QED) is 0.803. The molecule has 0 saturated carbocycles. The summed E-state index contributed by atoms with van der Waals surface area (Å²) < 4.78 is 0. The van der Waals surface area contributed by atoms with Gasteiger partial charge in [-0.3, -0.25) is 14.4 Å². The fraction of sp³-hybridized carbons (Fsp3) is 0.350. The lowest BCUT2D eigenvalue weighted by Crippen LogP contribution is -2.71. The molecule has 3 amide bonds. The van der Waals surface area contributed by atoms with Crippen LogP contribution in [0.5, 0.6) is 0 Å². The second kappa shape index (κ2) is 6.66. The highest BCUT2D eigenvalue weighted by Gasteiger charge is 2.45. The lowest BCUT2D eigenvalue weighted by Gasteiger charge is -2.45. The predicted octanol–water partition coefficient (Wildman–Crippen LogP) is 0.372. The number of benzene rings is 2. The number of hydrogen-bond donors (Lipinski definition) is 2. The second-order valence-corrected chi connectivity index (χ2v) is 7.05. The summed E-state index contributed by atoms with van der Waals surface area (Å²) in [7, 11) is 0. The van der Waals surface area contributed by atoms with Gasteiger partial charge in [0.15, 0.2) is 0 Å². The molecule has 2 aromatic rings. The molecule has 140 valence electrons. The molecule has 0 spiro atoms. The van der Waals surface area contributed by atoms with Crippen LogP contribution in [0.3, 0.4) is 0 Å². The standard InChI is InChI=1S/C20H21N3O4/c1-12(24)17-20(27)23-10-9-22(11-16(23)18(25)21-17)19(26)15-8-4-6-13-5-2-3-7-14(13)15/h2-8,12,16-17,24H,9-11H2,1H3,(H,21,25)/t12-,16+,17+/m0/s1. The first-order valence-electron chi connectivity index (χ1n) is 9.03. The van der Waals surface area contributed by atoms with Crippen molar-refractivity contribution in [2.45, 2.75) is 25.1 Å². The lowest BCUT2D eigenvalue weighted by molar-refractivity contribution is -0.155. The van der Waals surface area contributed by atoms with E-state index in [1.54, 1.807) is 11.0 Å². The van der Waals surface area contributed by atoms with Crippen LogP contribution in [-0.4, -0.2) is 70.4 Å². The van der Waals surface area contributed by atoms with E-state index in [0.717, 1.165) is 10.8 Å². The second-order valence-electron chi connectivity index (χ2n) is 7.05. The molecular weight excluding hydrogens is 346 g/mol. The van der Waals surface area contributed by atoms with E-state index in [1.807, 2.05) is 36.4 Å². The van der Waals surface area contributed by atoms with E-state index < -0.39 is 18.2 Å². The molecular formula is C20H21N3O4. The molecule has 0 unspecified atom stereocenters. The van der Waals surface area contributed by atoms with Gasteiger partial charge in [-0.2, -0.15) is 0 Å². The maximum Gasteiger partial charge on any atom is 0.254 e. The highest BCUT2D eigenvalue weighted by molar-refractivity contribution is 6.07. The average Bonchev–Trinajstić information content (AvgIpc) is 2.69. The van der Waals surface area contributed by atoms with Gasteiger partial charge in [-0.1, -0.05) is 36.4 Å². The van der Waals surface area contributed by atoms with Gasteiger partial charge in [-0.15, -0.1) is 0 Å². The third-order valence-corrected chi connectivity index (χ3v) is 5.32. The number of fused-ring (bicyclic) bond motifs is 2. The minimum absolute atomic E-state index is 0.145. The van der Waals surface area contributed by atoms with Gasteiger partial charge in [0.1, 0.15) is 12.1 Å². The van der Waals surface area contributed by atoms with Gasteiger partial charge < -0.3 is 20.2 Å². The van der Waals surface area contributed by atoms with Crippen molar-refractivity contribution < 1.29 is 19.5 Å². The molecule has 27 heavy (non-hydrogen) atoms. The third-order valence-electron chi connectivity index (χ3n) is 5.32. The van der Waals surface area contributed by atoms with Crippen LogP contribution >= 0.6 is 0 Å². The van der Waals surface area contributed by atoms with Crippen molar-refractivity contribution in [2.24, 2.45) is 0 Å². The Morgan fingerprint density at radius 2 is 1.89 bits per heavy atom. The number of carbonyl (C=O) groups excluding carboxylic acids is 3. The molecule has 2 heterocycles. The van der Waals surface area contributed by atoms with E-state index >= 15 is 0 Å². The molecule has 4 rings (SSSR count). The van der Waals surface area contributed by atoms with E-state index in [0.29, 0.717) is 12.1 Å². The summed E-state index contributed by atoms with van der Waals surface area (Å²) in [5.74, 6) is -0.785. The Labute approximate surface area is 156 Å². The van der Waals surface area contributed by atoms with Crippen molar-refractivity contribution in [2.75, 3.05) is 19.6 Å². The fourth-order valence-electron chi connectivity index (χ4n) is 3.85. The molecule has 0 radical (unpaired) electrons. The smallest absolute Gasteiger partial charge is 0.254 e. The molecule has 2 aliphatic rings. The van der Waals surface area contributed by atoms with Crippen molar-refractivity contribution in [3.05, 3.63) is 48.0 Å². The van der Waals surface area contributed by atoms with Crippen LogP contribution in [0.2, 0.25) is 0 Å². The number of hydrogen-bond acceptors (Lipinski definition) is 4. The van der Waals surface area contributed by atoms with Gasteiger partial charge in [0, 0.05) is 18.7 Å². The summed E-state index contributed by atoms with van der Waals surface area (Å²) in [6.45, 7) is 2.25. The van der Waals surface area contributed by atoms with E-state index in [4.69, 9.17) is 0 Å². The van der Waals surface area contributed by atoms with Crippen LogP contribution in [0.4, 0.5) is 0 Å². The van der Waals surface area contributed by atoms with Crippen molar-refractivity contribution >= 4 is 28.5 Å². The minimum Gasteiger partial charge on any atom is -0.391 e. The van der Waals surface area contributed by atoms with Crippen molar-refractivity contribution in [3.63, 3.8) is 0 Å². The summed E-state index contributed by atoms with van der Waals surface area (Å²) in [6, 6.07) is 11.6. The van der Waals surface area contributed by atoms with Crippen molar-refractivity contribution in [3.8, 4) is 0 Å². The highest BCUT2D eigenvalue weighted by atomic mass is 16.3. The molecule has 2 saturated heterocycles. The molecule has 0 aromatic heterocycles. The van der Waals surface area contributed by atoms with Gasteiger partial charge in [-0.05, 0) is 23.8 Å². The maximum atomic E-state index is 13.1. The zero-order chi connectivity index (χ0) is 19.1. The first-order chi connectivity index (χ1) is 13.0. The van der Waals surface area contributed by atoms with Gasteiger partial charge in [0.2, 0.25) is 11.8 Å². The van der Waals surface area contributed by atoms with Gasteiger partial charge >= 0.3 is 0 Å². The summed E-state index contributed by atoms with van der Waals surface area (Å²) in [6.07, 6.45) is -0.960. The Kier molecular flexibility index (Phi) is 4.31. The van der Waals surface area contributed by atoms with Crippen molar-refractivity contribution in [1.82, 2.24) is 15.1 Å². The Balaban J connectivity index is 1.58. The summed E-state index contributed by atoms with van der Waals surface area (Å²) in [5, 5.41) is 14.1. The largest absolute Gasteiger partial charge is 0.391 e. The Bertz CT molecular complexity index is 921. The monoisotopic (exact) mass is 367 g/mol. The molecule has 0 aliphatic carbocycles. The summed E-state index contributed by atoms with van der Waals surface area (Å²) in [4.78, 5) is 41.2. The van der Waals surface area contributed by atoms with Crippen LogP contribution in [0, 0.1) is 0 Å². The first-order valence-corrected chi connectivity index (χ1v) is 9.03. The van der Waals surface area contributed by atoms with E-state index in [-0.39, 0.29) is 30.8 Å². The Hall–Kier alpha value is -2.93. The van der Waals surface area contributed by atoms with Crippen LogP contribution in [0.1, 0.15) is 17.3 Å². The number of piperazine rings is 2. The predicted molar refractivity (Wildman–Crippen MR) is 99.0 cm³/mol. The third kappa shape index (κ3) is 2.94. The normalized spacial score (nSPS) is 23.8. The SMILES string of the molecule is C[C@H](O)[C@H]1NC(=O)[C@H]2CN(C(=O)c3cccc4ccccc34)CCN2C1=O. The number of amides is 3. The average molecular weight is 367 g/mol. The zero-order valence-electron chi connectivity index (χ0n) is 15.0. The number of rotatable bonds is 2. The van der Waals surface area contributed by atoms with Crippen LogP contribution in [0.15, 0.2) is 42.5 Å². The van der Waals surface area contributed by atoms with E-state index in [9.17, 15) is 19.5 Å². The molecule has 2 N–H and O–H groups in total. The fourth-order valence-corrected chi connectivity index (χ4v) is 3.85. The molecule has 0 bridgehead atoms. The summed E-state index contributed by atoms with van der Waals surface area (Å²) >= 11 is 0. The van der Waals surface area contributed by atoms with Gasteiger partial charge in [0.05, 0.1) is 12.6 Å². The number of nitrogens with zero attached hydrogens (tertiary/aromatic N) is 2. The molecule has 2 aliphatic heterocycles. The molecule has 2 aromatic carbocycles. The van der Waals surface area contributed by atoms with E-state index in [2.05, 4.69) is 5.32 Å². The minimum atomic E-state index is -0.960. The first kappa shape index (κ1) is 17.5. The highest BCUT2D eigenvalue weighted by Crippen LogP contribution is 2.23. The van der Waals surface area contributed by atoms with Gasteiger partial charge in [-0.25, -0.2) is 0 Å². The topological polar surface area (TPSA) is 89.9 Å². The molecule has 2 fully saturated rings. The summed E-state index contributed by atoms with van der Waals surface area (Å²) in [5.41, 5.74) is 0.589. The van der Waals surface area contributed by atoms with Gasteiger partial charge in [0.25, 0.3) is 5.91 Å². The number of aliphatic hydroxyl groups excluding tert-OH is 1. The lowest BCUT2D eigenvalue weighted by atomic mass is 9.99. The Morgan fingerprint density at radius 3 is 2.67 bits per heavy atom. The molecule has 7 heteroatoms. The molecule has 7 nitrogen and oxygen atoms in total. The zero-order valence-corrected chi connectivity index (χ0v) is 15.0. The number of aliphatic hydroxyl groups is 1. The Morgan fingerprint density at radius 1 is 1.15 bits per heavy atom. The number of nitrogens with one attached hydrogen (secondary N) is 1. The maximum absolute atomic E-state index is 13.1. The molecule has 3 atom stereocenters. The van der Waals surface area contributed by atoms with Crippen LogP contribution in [-0.2, 0) is 9.59 Å². The van der Waals surface area contributed by atoms with Crippen LogP contribution in [0.25, 0.3) is 10.8 Å².